The van der Waals surface area contributed by atoms with E-state index in [1.54, 1.807) is 30.3 Å². The molecule has 0 aliphatic carbocycles. The third kappa shape index (κ3) is 5.62. The average Bonchev–Trinajstić information content (AvgIpc) is 3.21. The van der Waals surface area contributed by atoms with Crippen molar-refractivity contribution < 1.29 is 18.7 Å². The van der Waals surface area contributed by atoms with Crippen LogP contribution in [-0.4, -0.2) is 38.8 Å². The first kappa shape index (κ1) is 21.0. The zero-order valence-electron chi connectivity index (χ0n) is 17.1. The van der Waals surface area contributed by atoms with E-state index in [9.17, 15) is 9.18 Å². The van der Waals surface area contributed by atoms with Gasteiger partial charge in [-0.2, -0.15) is 0 Å². The summed E-state index contributed by atoms with van der Waals surface area (Å²) in [7, 11) is 0. The number of anilines is 1. The van der Waals surface area contributed by atoms with Crippen LogP contribution in [0.5, 0.6) is 11.5 Å². The standard InChI is InChI=1S/C23H29FN2O3/c1-3-13-29-21-10-5-18(14-22(21)28-4-2)23(27)25-15-17-11-12-26(16-17)20-8-6-19(24)7-9-20/h5-10,14,17H,3-4,11-13,15-16H2,1-2H3,(H,25,27). The summed E-state index contributed by atoms with van der Waals surface area (Å²) in [5, 5.41) is 3.03. The van der Waals surface area contributed by atoms with Crippen LogP contribution in [0.15, 0.2) is 42.5 Å². The first-order valence-electron chi connectivity index (χ1n) is 10.3. The van der Waals surface area contributed by atoms with Crippen molar-refractivity contribution in [2.24, 2.45) is 5.92 Å². The number of halogens is 1. The molecule has 6 heteroatoms. The molecule has 29 heavy (non-hydrogen) atoms. The van der Waals surface area contributed by atoms with E-state index in [-0.39, 0.29) is 11.7 Å². The van der Waals surface area contributed by atoms with Crippen molar-refractivity contribution in [2.75, 3.05) is 37.7 Å². The zero-order valence-corrected chi connectivity index (χ0v) is 17.1. The predicted octanol–water partition coefficient (Wildman–Crippen LogP) is 4.27. The van der Waals surface area contributed by atoms with Gasteiger partial charge in [0.25, 0.3) is 5.91 Å². The van der Waals surface area contributed by atoms with Crippen molar-refractivity contribution in [3.05, 3.63) is 53.8 Å². The van der Waals surface area contributed by atoms with Gasteiger partial charge < -0.3 is 19.7 Å². The number of rotatable bonds is 9. The third-order valence-electron chi connectivity index (χ3n) is 5.00. The summed E-state index contributed by atoms with van der Waals surface area (Å²) in [6.07, 6.45) is 1.90. The molecule has 0 radical (unpaired) electrons. The highest BCUT2D eigenvalue weighted by Gasteiger charge is 2.23. The Morgan fingerprint density at radius 3 is 2.66 bits per heavy atom. The van der Waals surface area contributed by atoms with E-state index in [0.29, 0.717) is 42.7 Å². The normalized spacial score (nSPS) is 16.0. The molecule has 1 unspecified atom stereocenters. The molecular formula is C23H29FN2O3. The number of hydrogen-bond donors (Lipinski definition) is 1. The second-order valence-corrected chi connectivity index (χ2v) is 7.23. The van der Waals surface area contributed by atoms with E-state index >= 15 is 0 Å². The quantitative estimate of drug-likeness (QED) is 0.683. The molecule has 0 saturated carbocycles. The molecule has 0 spiro atoms. The minimum atomic E-state index is -0.228. The second kappa shape index (κ2) is 10.1. The lowest BCUT2D eigenvalue weighted by Gasteiger charge is -2.19. The van der Waals surface area contributed by atoms with Crippen molar-refractivity contribution in [3.63, 3.8) is 0 Å². The summed E-state index contributed by atoms with van der Waals surface area (Å²) in [6, 6.07) is 11.9. The highest BCUT2D eigenvalue weighted by molar-refractivity contribution is 5.94. The fourth-order valence-corrected chi connectivity index (χ4v) is 3.47. The number of nitrogens with one attached hydrogen (secondary N) is 1. The molecule has 1 saturated heterocycles. The van der Waals surface area contributed by atoms with Gasteiger partial charge in [0, 0.05) is 30.9 Å². The Kier molecular flexibility index (Phi) is 7.33. The van der Waals surface area contributed by atoms with Crippen molar-refractivity contribution in [1.82, 2.24) is 5.32 Å². The monoisotopic (exact) mass is 400 g/mol. The molecule has 0 aromatic heterocycles. The largest absolute Gasteiger partial charge is 0.490 e. The number of amides is 1. The molecule has 1 heterocycles. The Labute approximate surface area is 171 Å². The second-order valence-electron chi connectivity index (χ2n) is 7.23. The van der Waals surface area contributed by atoms with Gasteiger partial charge in [0.15, 0.2) is 11.5 Å². The van der Waals surface area contributed by atoms with Gasteiger partial charge in [-0.15, -0.1) is 0 Å². The van der Waals surface area contributed by atoms with E-state index in [0.717, 1.165) is 31.6 Å². The Hall–Kier alpha value is -2.76. The van der Waals surface area contributed by atoms with Crippen LogP contribution in [0, 0.1) is 11.7 Å². The van der Waals surface area contributed by atoms with Crippen molar-refractivity contribution >= 4 is 11.6 Å². The van der Waals surface area contributed by atoms with Crippen LogP contribution in [0.1, 0.15) is 37.0 Å². The number of carbonyl (C=O) groups excluding carboxylic acids is 1. The third-order valence-corrected chi connectivity index (χ3v) is 5.00. The van der Waals surface area contributed by atoms with Crippen molar-refractivity contribution in [3.8, 4) is 11.5 Å². The summed E-state index contributed by atoms with van der Waals surface area (Å²) < 4.78 is 24.4. The van der Waals surface area contributed by atoms with Crippen LogP contribution in [0.2, 0.25) is 0 Å². The van der Waals surface area contributed by atoms with Gasteiger partial charge in [-0.05, 0) is 68.1 Å². The minimum Gasteiger partial charge on any atom is -0.490 e. The summed E-state index contributed by atoms with van der Waals surface area (Å²) in [4.78, 5) is 14.8. The van der Waals surface area contributed by atoms with Crippen LogP contribution in [0.25, 0.3) is 0 Å². The molecular weight excluding hydrogens is 371 g/mol. The van der Waals surface area contributed by atoms with Gasteiger partial charge in [0.2, 0.25) is 0 Å². The molecule has 156 valence electrons. The Morgan fingerprint density at radius 2 is 1.93 bits per heavy atom. The van der Waals surface area contributed by atoms with Gasteiger partial charge in [-0.25, -0.2) is 4.39 Å². The fourth-order valence-electron chi connectivity index (χ4n) is 3.47. The van der Waals surface area contributed by atoms with Gasteiger partial charge in [-0.3, -0.25) is 4.79 Å². The molecule has 3 rings (SSSR count). The Balaban J connectivity index is 1.55. The van der Waals surface area contributed by atoms with Crippen molar-refractivity contribution in [2.45, 2.75) is 26.7 Å². The van der Waals surface area contributed by atoms with Gasteiger partial charge >= 0.3 is 0 Å². The highest BCUT2D eigenvalue weighted by atomic mass is 19.1. The summed E-state index contributed by atoms with van der Waals surface area (Å²) in [5.41, 5.74) is 1.58. The van der Waals surface area contributed by atoms with Gasteiger partial charge in [0.1, 0.15) is 5.82 Å². The summed E-state index contributed by atoms with van der Waals surface area (Å²) in [5.74, 6) is 1.28. The molecule has 1 atom stereocenters. The predicted molar refractivity (Wildman–Crippen MR) is 112 cm³/mol. The number of benzene rings is 2. The Morgan fingerprint density at radius 1 is 1.14 bits per heavy atom. The lowest BCUT2D eigenvalue weighted by atomic mass is 10.1. The molecule has 1 amide bonds. The van der Waals surface area contributed by atoms with Crippen LogP contribution >= 0.6 is 0 Å². The van der Waals surface area contributed by atoms with Crippen LogP contribution < -0.4 is 19.7 Å². The van der Waals surface area contributed by atoms with Crippen LogP contribution in [0.3, 0.4) is 0 Å². The van der Waals surface area contributed by atoms with Crippen LogP contribution in [-0.2, 0) is 0 Å². The molecule has 2 aromatic rings. The number of hydrogen-bond acceptors (Lipinski definition) is 4. The maximum absolute atomic E-state index is 13.1. The highest BCUT2D eigenvalue weighted by Crippen LogP contribution is 2.29. The van der Waals surface area contributed by atoms with E-state index < -0.39 is 0 Å². The maximum Gasteiger partial charge on any atom is 0.251 e. The average molecular weight is 400 g/mol. The topological polar surface area (TPSA) is 50.8 Å². The van der Waals surface area contributed by atoms with Gasteiger partial charge in [-0.1, -0.05) is 6.92 Å². The lowest BCUT2D eigenvalue weighted by Crippen LogP contribution is -2.31. The molecule has 1 aliphatic rings. The number of ether oxygens (including phenoxy) is 2. The van der Waals surface area contributed by atoms with E-state index in [2.05, 4.69) is 10.2 Å². The van der Waals surface area contributed by atoms with Crippen LogP contribution in [0.4, 0.5) is 10.1 Å². The maximum atomic E-state index is 13.1. The van der Waals surface area contributed by atoms with Gasteiger partial charge in [0.05, 0.1) is 13.2 Å². The molecule has 5 nitrogen and oxygen atoms in total. The van der Waals surface area contributed by atoms with Crippen molar-refractivity contribution in [1.29, 1.82) is 0 Å². The number of nitrogens with zero attached hydrogens (tertiary/aromatic N) is 1. The van der Waals surface area contributed by atoms with E-state index in [1.807, 2.05) is 13.8 Å². The zero-order chi connectivity index (χ0) is 20.6. The number of carbonyl (C=O) groups is 1. The Bertz CT molecular complexity index is 810. The van der Waals surface area contributed by atoms with E-state index in [1.165, 1.54) is 12.1 Å². The summed E-state index contributed by atoms with van der Waals surface area (Å²) >= 11 is 0. The first-order valence-corrected chi connectivity index (χ1v) is 10.3. The molecule has 1 N–H and O–H groups in total. The minimum absolute atomic E-state index is 0.117. The molecule has 0 bridgehead atoms. The smallest absolute Gasteiger partial charge is 0.251 e. The molecule has 1 fully saturated rings. The lowest BCUT2D eigenvalue weighted by molar-refractivity contribution is 0.0947. The fraction of sp³-hybridized carbons (Fsp3) is 0.435. The molecule has 2 aromatic carbocycles. The molecule has 1 aliphatic heterocycles. The first-order chi connectivity index (χ1) is 14.1. The summed E-state index contributed by atoms with van der Waals surface area (Å²) in [6.45, 7) is 7.43. The SMILES string of the molecule is CCCOc1ccc(C(=O)NCC2CCN(c3ccc(F)cc3)C2)cc1OCC. The van der Waals surface area contributed by atoms with E-state index in [4.69, 9.17) is 9.47 Å².